The highest BCUT2D eigenvalue weighted by molar-refractivity contribution is 7.89. The second kappa shape index (κ2) is 7.23. The minimum Gasteiger partial charge on any atom is -0.465 e. The summed E-state index contributed by atoms with van der Waals surface area (Å²) in [5.74, 6) is 0.264. The van der Waals surface area contributed by atoms with E-state index < -0.39 is 32.8 Å². The van der Waals surface area contributed by atoms with E-state index in [0.29, 0.717) is 6.54 Å². The topological polar surface area (TPSA) is 107 Å². The Bertz CT molecular complexity index is 1060. The Kier molecular flexibility index (Phi) is 5.09. The van der Waals surface area contributed by atoms with E-state index in [1.54, 1.807) is 10.5 Å². The Balaban J connectivity index is 1.54. The van der Waals surface area contributed by atoms with E-state index in [9.17, 15) is 18.3 Å². The summed E-state index contributed by atoms with van der Waals surface area (Å²) >= 11 is 0. The fourth-order valence-corrected chi connectivity index (χ4v) is 7.77. The smallest absolute Gasteiger partial charge is 0.407 e. The second-order valence-corrected chi connectivity index (χ2v) is 11.8. The number of carboxylic acid groups (broad SMARTS) is 1. The Morgan fingerprint density at radius 3 is 2.70 bits per heavy atom. The van der Waals surface area contributed by atoms with Crippen molar-refractivity contribution in [1.29, 1.82) is 0 Å². The number of hydrogen-bond acceptors (Lipinski definition) is 4. The van der Waals surface area contributed by atoms with Crippen molar-refractivity contribution >= 4 is 27.1 Å². The van der Waals surface area contributed by atoms with Crippen LogP contribution < -0.4 is 0 Å². The number of amides is 1. The Labute approximate surface area is 177 Å². The van der Waals surface area contributed by atoms with Crippen molar-refractivity contribution in [2.45, 2.75) is 63.8 Å². The third-order valence-corrected chi connectivity index (χ3v) is 9.01. The lowest BCUT2D eigenvalue weighted by Crippen LogP contribution is -2.71. The molecule has 30 heavy (non-hydrogen) atoms. The number of likely N-dealkylation sites (tertiary alicyclic amines) is 1. The fourth-order valence-electron chi connectivity index (χ4n) is 5.25. The average molecular weight is 435 g/mol. The lowest BCUT2D eigenvalue weighted by molar-refractivity contribution is 0.0212. The molecule has 2 aromatic heterocycles. The molecule has 0 radical (unpaired) electrons. The molecule has 0 aromatic carbocycles. The molecule has 3 unspecified atom stereocenters. The number of nitrogens with one attached hydrogen (secondary N) is 1. The van der Waals surface area contributed by atoms with E-state index in [-0.39, 0.29) is 18.5 Å². The standard InChI is InChI=1S/C21H30N4O4S/c1-13-10-14(16-11-23-19-15(16)6-5-8-22-19)7-9-25(13)30(28,29)17-12-24(20(26)27)18(17)21(2,3)4/h5-6,8,11,13-14,17-18H,7,9-10,12H2,1-4H3,(H,22,23)(H,26,27)/t13-,14?,17?,18?/m1/s1. The number of hydrogen-bond donors (Lipinski definition) is 2. The van der Waals surface area contributed by atoms with Gasteiger partial charge in [-0.05, 0) is 48.8 Å². The highest BCUT2D eigenvalue weighted by Crippen LogP contribution is 2.42. The molecule has 2 N–H and O–H groups in total. The largest absolute Gasteiger partial charge is 0.465 e. The van der Waals surface area contributed by atoms with Crippen LogP contribution in [0, 0.1) is 5.41 Å². The van der Waals surface area contributed by atoms with Crippen molar-refractivity contribution in [2.24, 2.45) is 5.41 Å². The van der Waals surface area contributed by atoms with Crippen LogP contribution in [0.4, 0.5) is 4.79 Å². The van der Waals surface area contributed by atoms with Gasteiger partial charge in [-0.25, -0.2) is 18.2 Å². The van der Waals surface area contributed by atoms with E-state index in [0.717, 1.165) is 23.9 Å². The monoisotopic (exact) mass is 434 g/mol. The van der Waals surface area contributed by atoms with E-state index in [1.165, 1.54) is 10.5 Å². The number of carbonyl (C=O) groups is 1. The van der Waals surface area contributed by atoms with Crippen molar-refractivity contribution in [1.82, 2.24) is 19.2 Å². The zero-order valence-corrected chi connectivity index (χ0v) is 18.7. The van der Waals surface area contributed by atoms with Gasteiger partial charge in [0, 0.05) is 36.9 Å². The highest BCUT2D eigenvalue weighted by atomic mass is 32.2. The molecule has 2 saturated heterocycles. The van der Waals surface area contributed by atoms with Crippen LogP contribution in [0.5, 0.6) is 0 Å². The summed E-state index contributed by atoms with van der Waals surface area (Å²) in [4.78, 5) is 20.4. The molecule has 1 amide bonds. The summed E-state index contributed by atoms with van der Waals surface area (Å²) in [5, 5.41) is 9.85. The van der Waals surface area contributed by atoms with Crippen molar-refractivity contribution in [3.63, 3.8) is 0 Å². The number of aromatic amines is 1. The molecule has 2 aromatic rings. The molecule has 2 fully saturated rings. The summed E-state index contributed by atoms with van der Waals surface area (Å²) in [5.41, 5.74) is 1.59. The van der Waals surface area contributed by atoms with Gasteiger partial charge in [0.05, 0.1) is 6.04 Å². The van der Waals surface area contributed by atoms with Gasteiger partial charge in [-0.2, -0.15) is 4.31 Å². The second-order valence-electron chi connectivity index (χ2n) is 9.65. The predicted molar refractivity (Wildman–Crippen MR) is 115 cm³/mol. The summed E-state index contributed by atoms with van der Waals surface area (Å²) in [6.45, 7) is 8.14. The van der Waals surface area contributed by atoms with E-state index in [2.05, 4.69) is 9.97 Å². The molecule has 4 atom stereocenters. The third-order valence-electron chi connectivity index (χ3n) is 6.65. The van der Waals surface area contributed by atoms with E-state index >= 15 is 0 Å². The zero-order valence-electron chi connectivity index (χ0n) is 17.9. The number of piperidine rings is 1. The Hall–Kier alpha value is -2.13. The van der Waals surface area contributed by atoms with Crippen molar-refractivity contribution in [3.8, 4) is 0 Å². The Morgan fingerprint density at radius 2 is 2.07 bits per heavy atom. The fraction of sp³-hybridized carbons (Fsp3) is 0.619. The first-order chi connectivity index (χ1) is 14.0. The van der Waals surface area contributed by atoms with Crippen LogP contribution in [0.2, 0.25) is 0 Å². The summed E-state index contributed by atoms with van der Waals surface area (Å²) in [6, 6.07) is 3.28. The van der Waals surface area contributed by atoms with E-state index in [4.69, 9.17) is 0 Å². The number of aromatic nitrogens is 2. The van der Waals surface area contributed by atoms with Crippen molar-refractivity contribution in [2.75, 3.05) is 13.1 Å². The number of nitrogens with zero attached hydrogens (tertiary/aromatic N) is 3. The van der Waals surface area contributed by atoms with Gasteiger partial charge in [0.25, 0.3) is 0 Å². The average Bonchev–Trinajstić information content (AvgIpc) is 3.02. The zero-order chi connectivity index (χ0) is 21.8. The summed E-state index contributed by atoms with van der Waals surface area (Å²) < 4.78 is 28.6. The SMILES string of the molecule is C[C@@H]1CC(c2c[nH]c3ncccc23)CCN1S(=O)(=O)C1CN(C(=O)O)C1C(C)(C)C. The summed E-state index contributed by atoms with van der Waals surface area (Å²) in [7, 11) is -3.60. The maximum atomic E-state index is 13.5. The number of fused-ring (bicyclic) bond motifs is 1. The van der Waals surface area contributed by atoms with Crippen molar-refractivity contribution < 1.29 is 18.3 Å². The molecule has 0 aliphatic carbocycles. The lowest BCUT2D eigenvalue weighted by Gasteiger charge is -2.53. The van der Waals surface area contributed by atoms with Crippen LogP contribution in [0.25, 0.3) is 11.0 Å². The number of pyridine rings is 1. The van der Waals surface area contributed by atoms with Gasteiger partial charge in [-0.15, -0.1) is 0 Å². The number of H-pyrrole nitrogens is 1. The predicted octanol–water partition coefficient (Wildman–Crippen LogP) is 3.24. The maximum absolute atomic E-state index is 13.5. The molecule has 164 valence electrons. The maximum Gasteiger partial charge on any atom is 0.407 e. The molecule has 2 aliphatic heterocycles. The molecule has 8 nitrogen and oxygen atoms in total. The van der Waals surface area contributed by atoms with Crippen LogP contribution in [-0.4, -0.2) is 69.2 Å². The molecule has 0 saturated carbocycles. The van der Waals surface area contributed by atoms with Gasteiger partial charge >= 0.3 is 6.09 Å². The van der Waals surface area contributed by atoms with E-state index in [1.807, 2.05) is 46.0 Å². The molecule has 4 rings (SSSR count). The van der Waals surface area contributed by atoms with Gasteiger partial charge < -0.3 is 15.0 Å². The molecule has 2 aliphatic rings. The van der Waals surface area contributed by atoms with Crippen LogP contribution in [-0.2, 0) is 10.0 Å². The summed E-state index contributed by atoms with van der Waals surface area (Å²) in [6.07, 6.45) is 4.16. The van der Waals surface area contributed by atoms with Crippen molar-refractivity contribution in [3.05, 3.63) is 30.1 Å². The first-order valence-electron chi connectivity index (χ1n) is 10.4. The van der Waals surface area contributed by atoms with Gasteiger partial charge in [0.2, 0.25) is 10.0 Å². The molecule has 0 bridgehead atoms. The number of rotatable bonds is 3. The van der Waals surface area contributed by atoms with Gasteiger partial charge in [-0.1, -0.05) is 20.8 Å². The van der Waals surface area contributed by atoms with Crippen LogP contribution in [0.15, 0.2) is 24.5 Å². The van der Waals surface area contributed by atoms with Gasteiger partial charge in [0.15, 0.2) is 0 Å². The Morgan fingerprint density at radius 1 is 1.33 bits per heavy atom. The van der Waals surface area contributed by atoms with Crippen LogP contribution >= 0.6 is 0 Å². The van der Waals surface area contributed by atoms with Crippen LogP contribution in [0.3, 0.4) is 0 Å². The van der Waals surface area contributed by atoms with Gasteiger partial charge in [-0.3, -0.25) is 0 Å². The quantitative estimate of drug-likeness (QED) is 0.771. The molecular weight excluding hydrogens is 404 g/mol. The molecule has 4 heterocycles. The molecule has 0 spiro atoms. The van der Waals surface area contributed by atoms with Gasteiger partial charge in [0.1, 0.15) is 10.9 Å². The molecule has 9 heteroatoms. The lowest BCUT2D eigenvalue weighted by atomic mass is 9.79. The normalized spacial score (nSPS) is 28.5. The van der Waals surface area contributed by atoms with Crippen LogP contribution in [0.1, 0.15) is 52.0 Å². The minimum absolute atomic E-state index is 0.0420. The highest BCUT2D eigenvalue weighted by Gasteiger charge is 2.56. The first kappa shape index (κ1) is 21.1. The minimum atomic E-state index is -3.60. The first-order valence-corrected chi connectivity index (χ1v) is 11.9. The molecular formula is C21H30N4O4S. The number of sulfonamides is 1. The third kappa shape index (κ3) is 3.37.